The van der Waals surface area contributed by atoms with Gasteiger partial charge >= 0.3 is 0 Å². The van der Waals surface area contributed by atoms with E-state index in [2.05, 4.69) is 53.5 Å². The highest BCUT2D eigenvalue weighted by atomic mass is 16.5. The molecule has 2 aromatic carbocycles. The summed E-state index contributed by atoms with van der Waals surface area (Å²) in [5.41, 5.74) is 11.2. The molecule has 5 heteroatoms. The van der Waals surface area contributed by atoms with Crippen LogP contribution in [0.3, 0.4) is 0 Å². The zero-order valence-electron chi connectivity index (χ0n) is 16.6. The van der Waals surface area contributed by atoms with Crippen molar-refractivity contribution >= 4 is 27.8 Å². The molecule has 4 rings (SSSR count). The van der Waals surface area contributed by atoms with Crippen LogP contribution in [0.25, 0.3) is 33.1 Å². The van der Waals surface area contributed by atoms with Crippen LogP contribution in [0.4, 0.5) is 5.82 Å². The van der Waals surface area contributed by atoms with Gasteiger partial charge in [0.15, 0.2) is 5.82 Å². The van der Waals surface area contributed by atoms with Gasteiger partial charge < -0.3 is 15.0 Å². The van der Waals surface area contributed by atoms with Crippen LogP contribution in [0, 0.1) is 5.92 Å². The van der Waals surface area contributed by atoms with E-state index in [1.54, 1.807) is 0 Å². The van der Waals surface area contributed by atoms with Crippen LogP contribution >= 0.6 is 0 Å². The van der Waals surface area contributed by atoms with Gasteiger partial charge in [0.1, 0.15) is 11.3 Å². The number of nitrogens with zero attached hydrogens (tertiary/aromatic N) is 3. The molecule has 0 fully saturated rings. The van der Waals surface area contributed by atoms with Gasteiger partial charge in [0.25, 0.3) is 0 Å². The standard InChI is InChI=1S/C23H26N4O/c1-4-12-28-17-10-8-16(9-11-17)18-6-5-7-19-20(18)22-21(23(24)26-19)25-14-27(22)13-15(2)3/h5-11,14-15H,4,12-13H2,1-3H3,(H2,24,26). The SMILES string of the molecule is CCCOc1ccc(-c2cccc3nc(N)c4ncn(CC(C)C)c4c23)cc1. The molecule has 0 aliphatic rings. The average Bonchev–Trinajstić information content (AvgIpc) is 3.10. The van der Waals surface area contributed by atoms with Crippen molar-refractivity contribution in [3.05, 3.63) is 48.8 Å². The molecule has 144 valence electrons. The van der Waals surface area contributed by atoms with Gasteiger partial charge in [-0.3, -0.25) is 0 Å². The van der Waals surface area contributed by atoms with E-state index >= 15 is 0 Å². The van der Waals surface area contributed by atoms with Gasteiger partial charge in [-0.2, -0.15) is 0 Å². The van der Waals surface area contributed by atoms with Gasteiger partial charge in [-0.15, -0.1) is 0 Å². The molecule has 2 heterocycles. The number of nitrogens with two attached hydrogens (primary N) is 1. The summed E-state index contributed by atoms with van der Waals surface area (Å²) >= 11 is 0. The lowest BCUT2D eigenvalue weighted by molar-refractivity contribution is 0.317. The van der Waals surface area contributed by atoms with Gasteiger partial charge in [-0.25, -0.2) is 9.97 Å². The van der Waals surface area contributed by atoms with Gasteiger partial charge in [0.05, 0.1) is 24.0 Å². The molecular weight excluding hydrogens is 348 g/mol. The first-order valence-corrected chi connectivity index (χ1v) is 9.84. The summed E-state index contributed by atoms with van der Waals surface area (Å²) in [6.45, 7) is 8.12. The number of aromatic nitrogens is 3. The molecule has 0 saturated carbocycles. The molecule has 0 amide bonds. The van der Waals surface area contributed by atoms with Crippen molar-refractivity contribution in [2.24, 2.45) is 5.92 Å². The highest BCUT2D eigenvalue weighted by Crippen LogP contribution is 2.35. The second-order valence-corrected chi connectivity index (χ2v) is 7.56. The second-order valence-electron chi connectivity index (χ2n) is 7.56. The first kappa shape index (κ1) is 18.3. The van der Waals surface area contributed by atoms with Crippen molar-refractivity contribution in [2.75, 3.05) is 12.3 Å². The Bertz CT molecular complexity index is 1110. The monoisotopic (exact) mass is 374 g/mol. The van der Waals surface area contributed by atoms with Gasteiger partial charge in [-0.1, -0.05) is 45.0 Å². The third-order valence-electron chi connectivity index (χ3n) is 4.80. The van der Waals surface area contributed by atoms with Crippen LogP contribution in [0.2, 0.25) is 0 Å². The van der Waals surface area contributed by atoms with E-state index < -0.39 is 0 Å². The van der Waals surface area contributed by atoms with E-state index in [1.807, 2.05) is 30.6 Å². The predicted molar refractivity (Wildman–Crippen MR) is 116 cm³/mol. The minimum Gasteiger partial charge on any atom is -0.494 e. The molecule has 28 heavy (non-hydrogen) atoms. The highest BCUT2D eigenvalue weighted by molar-refractivity contribution is 6.13. The van der Waals surface area contributed by atoms with Crippen LogP contribution in [-0.2, 0) is 6.54 Å². The maximum absolute atomic E-state index is 6.22. The van der Waals surface area contributed by atoms with Crippen LogP contribution in [0.15, 0.2) is 48.8 Å². The van der Waals surface area contributed by atoms with Gasteiger partial charge in [-0.05, 0) is 41.7 Å². The number of hydrogen-bond acceptors (Lipinski definition) is 4. The van der Waals surface area contributed by atoms with Crippen LogP contribution < -0.4 is 10.5 Å². The molecule has 0 aliphatic heterocycles. The van der Waals surface area contributed by atoms with Crippen LogP contribution in [0.5, 0.6) is 5.75 Å². The van der Waals surface area contributed by atoms with E-state index in [0.29, 0.717) is 11.7 Å². The first-order chi connectivity index (χ1) is 13.6. The first-order valence-electron chi connectivity index (χ1n) is 9.84. The van der Waals surface area contributed by atoms with Crippen LogP contribution in [0.1, 0.15) is 27.2 Å². The summed E-state index contributed by atoms with van der Waals surface area (Å²) in [6, 6.07) is 14.4. The van der Waals surface area contributed by atoms with E-state index in [9.17, 15) is 0 Å². The van der Waals surface area contributed by atoms with E-state index in [1.165, 1.54) is 0 Å². The average molecular weight is 374 g/mol. The zero-order chi connectivity index (χ0) is 19.7. The smallest absolute Gasteiger partial charge is 0.152 e. The third kappa shape index (κ3) is 3.28. The summed E-state index contributed by atoms with van der Waals surface area (Å²) in [5, 5.41) is 1.09. The molecule has 2 aromatic heterocycles. The fourth-order valence-electron chi connectivity index (χ4n) is 3.62. The highest BCUT2D eigenvalue weighted by Gasteiger charge is 2.16. The van der Waals surface area contributed by atoms with E-state index in [-0.39, 0.29) is 0 Å². The number of anilines is 1. The summed E-state index contributed by atoms with van der Waals surface area (Å²) in [5.74, 6) is 1.87. The van der Waals surface area contributed by atoms with Crippen molar-refractivity contribution in [1.82, 2.24) is 14.5 Å². The van der Waals surface area contributed by atoms with Crippen molar-refractivity contribution in [3.8, 4) is 16.9 Å². The molecule has 0 bridgehead atoms. The number of nitrogen functional groups attached to an aromatic ring is 1. The fourth-order valence-corrected chi connectivity index (χ4v) is 3.62. The lowest BCUT2D eigenvalue weighted by Gasteiger charge is -2.13. The largest absolute Gasteiger partial charge is 0.494 e. The lowest BCUT2D eigenvalue weighted by atomic mass is 9.99. The molecule has 5 nitrogen and oxygen atoms in total. The van der Waals surface area contributed by atoms with E-state index in [0.717, 1.165) is 58.4 Å². The Morgan fingerprint density at radius 3 is 2.61 bits per heavy atom. The van der Waals surface area contributed by atoms with Crippen molar-refractivity contribution in [1.29, 1.82) is 0 Å². The number of pyridine rings is 1. The van der Waals surface area contributed by atoms with Gasteiger partial charge in [0.2, 0.25) is 0 Å². The molecule has 0 unspecified atom stereocenters. The molecule has 0 aliphatic carbocycles. The molecule has 0 spiro atoms. The number of fused-ring (bicyclic) bond motifs is 3. The van der Waals surface area contributed by atoms with Crippen molar-refractivity contribution in [3.63, 3.8) is 0 Å². The molecule has 0 radical (unpaired) electrons. The summed E-state index contributed by atoms with van der Waals surface area (Å²) < 4.78 is 7.92. The van der Waals surface area contributed by atoms with Crippen LogP contribution in [-0.4, -0.2) is 21.1 Å². The molecular formula is C23H26N4O. The Balaban J connectivity index is 1.92. The summed E-state index contributed by atoms with van der Waals surface area (Å²) in [7, 11) is 0. The Kier molecular flexibility index (Phi) is 4.90. The number of imidazole rings is 1. The molecule has 4 aromatic rings. The molecule has 0 saturated heterocycles. The maximum atomic E-state index is 6.22. The van der Waals surface area contributed by atoms with Crippen molar-refractivity contribution in [2.45, 2.75) is 33.7 Å². The Labute approximate surface area is 165 Å². The molecule has 0 atom stereocenters. The minimum atomic E-state index is 0.477. The molecule has 2 N–H and O–H groups in total. The number of benzene rings is 2. The second kappa shape index (κ2) is 7.50. The predicted octanol–water partition coefficient (Wildman–Crippen LogP) is 5.28. The topological polar surface area (TPSA) is 66.0 Å². The summed E-state index contributed by atoms with van der Waals surface area (Å²) in [6.07, 6.45) is 2.87. The number of rotatable bonds is 6. The van der Waals surface area contributed by atoms with E-state index in [4.69, 9.17) is 10.5 Å². The Hall–Kier alpha value is -3.08. The number of hydrogen-bond donors (Lipinski definition) is 1. The third-order valence-corrected chi connectivity index (χ3v) is 4.80. The Morgan fingerprint density at radius 2 is 1.89 bits per heavy atom. The normalized spacial score (nSPS) is 11.6. The van der Waals surface area contributed by atoms with Gasteiger partial charge in [0, 0.05) is 11.9 Å². The quantitative estimate of drug-likeness (QED) is 0.499. The Morgan fingerprint density at radius 1 is 1.11 bits per heavy atom. The zero-order valence-corrected chi connectivity index (χ0v) is 16.6. The fraction of sp³-hybridized carbons (Fsp3) is 0.304. The summed E-state index contributed by atoms with van der Waals surface area (Å²) in [4.78, 5) is 9.18. The maximum Gasteiger partial charge on any atom is 0.152 e. The minimum absolute atomic E-state index is 0.477. The lowest BCUT2D eigenvalue weighted by Crippen LogP contribution is -2.04. The number of ether oxygens (including phenoxy) is 1. The van der Waals surface area contributed by atoms with Crippen molar-refractivity contribution < 1.29 is 4.74 Å².